The predicted octanol–water partition coefficient (Wildman–Crippen LogP) is 3.65. The number of ether oxygens (including phenoxy) is 1. The molecule has 1 fully saturated rings. The van der Waals surface area contributed by atoms with Gasteiger partial charge in [0.2, 0.25) is 0 Å². The van der Waals surface area contributed by atoms with Gasteiger partial charge in [0.25, 0.3) is 0 Å². The van der Waals surface area contributed by atoms with E-state index in [2.05, 4.69) is 18.7 Å². The molecule has 1 aromatic rings. The summed E-state index contributed by atoms with van der Waals surface area (Å²) >= 11 is 6.08. The minimum absolute atomic E-state index is 0.115. The van der Waals surface area contributed by atoms with Crippen LogP contribution in [0.15, 0.2) is 18.2 Å². The van der Waals surface area contributed by atoms with Crippen molar-refractivity contribution in [2.24, 2.45) is 5.92 Å². The smallest absolute Gasteiger partial charge is 0.176 e. The molecule has 1 aliphatic rings. The predicted molar refractivity (Wildman–Crippen MR) is 81.8 cm³/mol. The lowest BCUT2D eigenvalue weighted by atomic mass is 10.1. The number of carbonyl (C=O) groups excluding carboxylic acids is 1. The minimum atomic E-state index is 0.115. The molecule has 0 unspecified atom stereocenters. The summed E-state index contributed by atoms with van der Waals surface area (Å²) in [5.41, 5.74) is 0.650. The molecule has 1 aromatic carbocycles. The van der Waals surface area contributed by atoms with Gasteiger partial charge in [-0.2, -0.15) is 0 Å². The highest BCUT2D eigenvalue weighted by atomic mass is 35.5. The number of methoxy groups -OCH3 is 1. The lowest BCUT2D eigenvalue weighted by Gasteiger charge is -2.25. The molecule has 2 rings (SSSR count). The Kier molecular flexibility index (Phi) is 5.06. The summed E-state index contributed by atoms with van der Waals surface area (Å²) in [6.07, 6.45) is 2.59. The molecule has 0 N–H and O–H groups in total. The lowest BCUT2D eigenvalue weighted by Crippen LogP contribution is -2.37. The van der Waals surface area contributed by atoms with E-state index in [0.717, 1.165) is 12.5 Å². The first kappa shape index (κ1) is 15.3. The first-order valence-corrected chi connectivity index (χ1v) is 7.50. The van der Waals surface area contributed by atoms with Gasteiger partial charge >= 0.3 is 0 Å². The normalized spacial score (nSPS) is 14.9. The summed E-state index contributed by atoms with van der Waals surface area (Å²) in [6.45, 7) is 5.75. The standard InChI is InChI=1S/C16H22ClNO2/c1-11(2)18(9-12-4-5-12)10-15(19)13-6-7-16(20-3)14(17)8-13/h6-8,11-12H,4-5,9-10H2,1-3H3. The number of ketones is 1. The Morgan fingerprint density at radius 2 is 2.15 bits per heavy atom. The van der Waals surface area contributed by atoms with Crippen molar-refractivity contribution < 1.29 is 9.53 Å². The summed E-state index contributed by atoms with van der Waals surface area (Å²) in [5, 5.41) is 0.483. The number of halogens is 1. The maximum atomic E-state index is 12.4. The molecule has 0 bridgehead atoms. The first-order valence-electron chi connectivity index (χ1n) is 7.12. The van der Waals surface area contributed by atoms with E-state index in [9.17, 15) is 4.79 Å². The van der Waals surface area contributed by atoms with Gasteiger partial charge in [0.15, 0.2) is 5.78 Å². The van der Waals surface area contributed by atoms with Crippen molar-refractivity contribution in [2.75, 3.05) is 20.2 Å². The van der Waals surface area contributed by atoms with E-state index < -0.39 is 0 Å². The van der Waals surface area contributed by atoms with Crippen molar-refractivity contribution in [3.8, 4) is 5.75 Å². The molecular formula is C16H22ClNO2. The van der Waals surface area contributed by atoms with Crippen LogP contribution in [0.5, 0.6) is 5.75 Å². The molecule has 0 aliphatic heterocycles. The van der Waals surface area contributed by atoms with Crippen molar-refractivity contribution in [3.63, 3.8) is 0 Å². The van der Waals surface area contributed by atoms with Crippen LogP contribution in [-0.4, -0.2) is 36.9 Å². The fourth-order valence-corrected chi connectivity index (χ4v) is 2.46. The summed E-state index contributed by atoms with van der Waals surface area (Å²) in [7, 11) is 1.57. The van der Waals surface area contributed by atoms with Gasteiger partial charge in [-0.15, -0.1) is 0 Å². The second-order valence-corrected chi connectivity index (χ2v) is 6.15. The molecule has 3 nitrogen and oxygen atoms in total. The molecule has 20 heavy (non-hydrogen) atoms. The number of nitrogens with zero attached hydrogens (tertiary/aromatic N) is 1. The van der Waals surface area contributed by atoms with Crippen LogP contribution in [0, 0.1) is 5.92 Å². The van der Waals surface area contributed by atoms with Crippen molar-refractivity contribution >= 4 is 17.4 Å². The molecule has 110 valence electrons. The van der Waals surface area contributed by atoms with Crippen LogP contribution in [0.4, 0.5) is 0 Å². The minimum Gasteiger partial charge on any atom is -0.495 e. The molecule has 0 atom stereocenters. The number of hydrogen-bond acceptors (Lipinski definition) is 3. The number of Topliss-reactive ketones (excluding diaryl/α,β-unsaturated/α-hetero) is 1. The molecule has 0 saturated heterocycles. The van der Waals surface area contributed by atoms with Gasteiger partial charge in [0.05, 0.1) is 18.7 Å². The van der Waals surface area contributed by atoms with E-state index in [1.54, 1.807) is 25.3 Å². The molecule has 0 radical (unpaired) electrons. The highest BCUT2D eigenvalue weighted by molar-refractivity contribution is 6.32. The van der Waals surface area contributed by atoms with Gasteiger partial charge < -0.3 is 4.74 Å². The Labute approximate surface area is 125 Å². The van der Waals surface area contributed by atoms with Crippen LogP contribution < -0.4 is 4.74 Å². The Hall–Kier alpha value is -1.06. The van der Waals surface area contributed by atoms with Crippen molar-refractivity contribution in [1.29, 1.82) is 0 Å². The Balaban J connectivity index is 2.03. The quantitative estimate of drug-likeness (QED) is 0.719. The highest BCUT2D eigenvalue weighted by Gasteiger charge is 2.26. The summed E-state index contributed by atoms with van der Waals surface area (Å²) in [4.78, 5) is 14.6. The van der Waals surface area contributed by atoms with E-state index in [0.29, 0.717) is 28.9 Å². The van der Waals surface area contributed by atoms with Crippen molar-refractivity contribution in [3.05, 3.63) is 28.8 Å². The van der Waals surface area contributed by atoms with E-state index in [4.69, 9.17) is 16.3 Å². The molecule has 0 heterocycles. The topological polar surface area (TPSA) is 29.5 Å². The molecule has 0 aromatic heterocycles. The van der Waals surface area contributed by atoms with E-state index in [-0.39, 0.29) is 5.78 Å². The Morgan fingerprint density at radius 1 is 1.45 bits per heavy atom. The van der Waals surface area contributed by atoms with Crippen LogP contribution in [-0.2, 0) is 0 Å². The summed E-state index contributed by atoms with van der Waals surface area (Å²) < 4.78 is 5.11. The zero-order valence-electron chi connectivity index (χ0n) is 12.4. The number of benzene rings is 1. The van der Waals surface area contributed by atoms with E-state index in [1.807, 2.05) is 0 Å². The van der Waals surface area contributed by atoms with Gasteiger partial charge in [-0.25, -0.2) is 0 Å². The Morgan fingerprint density at radius 3 is 2.65 bits per heavy atom. The fraction of sp³-hybridized carbons (Fsp3) is 0.562. The molecule has 0 spiro atoms. The summed E-state index contributed by atoms with van der Waals surface area (Å²) in [6, 6.07) is 5.60. The average molecular weight is 296 g/mol. The summed E-state index contributed by atoms with van der Waals surface area (Å²) in [5.74, 6) is 1.50. The second-order valence-electron chi connectivity index (χ2n) is 5.74. The number of carbonyl (C=O) groups is 1. The third-order valence-corrected chi connectivity index (χ3v) is 4.04. The van der Waals surface area contributed by atoms with Crippen molar-refractivity contribution in [2.45, 2.75) is 32.7 Å². The Bertz CT molecular complexity index is 483. The van der Waals surface area contributed by atoms with E-state index in [1.165, 1.54) is 12.8 Å². The lowest BCUT2D eigenvalue weighted by molar-refractivity contribution is 0.0901. The third-order valence-electron chi connectivity index (χ3n) is 3.74. The van der Waals surface area contributed by atoms with Gasteiger partial charge in [0, 0.05) is 18.2 Å². The molecule has 4 heteroatoms. The van der Waals surface area contributed by atoms with Crippen LogP contribution in [0.2, 0.25) is 5.02 Å². The monoisotopic (exact) mass is 295 g/mol. The second kappa shape index (κ2) is 6.59. The largest absolute Gasteiger partial charge is 0.495 e. The van der Waals surface area contributed by atoms with Gasteiger partial charge in [-0.1, -0.05) is 11.6 Å². The maximum absolute atomic E-state index is 12.4. The number of rotatable bonds is 7. The first-order chi connectivity index (χ1) is 9.51. The molecule has 1 aliphatic carbocycles. The third kappa shape index (κ3) is 3.97. The van der Waals surface area contributed by atoms with E-state index >= 15 is 0 Å². The van der Waals surface area contributed by atoms with Crippen molar-refractivity contribution in [1.82, 2.24) is 4.90 Å². The van der Waals surface area contributed by atoms with Gasteiger partial charge in [-0.05, 0) is 50.8 Å². The van der Waals surface area contributed by atoms with Crippen LogP contribution >= 0.6 is 11.6 Å². The fourth-order valence-electron chi connectivity index (χ4n) is 2.21. The molecule has 1 saturated carbocycles. The zero-order valence-corrected chi connectivity index (χ0v) is 13.1. The number of hydrogen-bond donors (Lipinski definition) is 0. The SMILES string of the molecule is COc1ccc(C(=O)CN(CC2CC2)C(C)C)cc1Cl. The van der Waals surface area contributed by atoms with Crippen LogP contribution in [0.1, 0.15) is 37.0 Å². The molecule has 0 amide bonds. The van der Waals surface area contributed by atoms with Crippen LogP contribution in [0.25, 0.3) is 0 Å². The maximum Gasteiger partial charge on any atom is 0.176 e. The van der Waals surface area contributed by atoms with Gasteiger partial charge in [0.1, 0.15) is 5.75 Å². The van der Waals surface area contributed by atoms with Crippen LogP contribution in [0.3, 0.4) is 0 Å². The average Bonchev–Trinajstić information content (AvgIpc) is 3.21. The highest BCUT2D eigenvalue weighted by Crippen LogP contribution is 2.30. The zero-order chi connectivity index (χ0) is 14.7. The van der Waals surface area contributed by atoms with Gasteiger partial charge in [-0.3, -0.25) is 9.69 Å². The molecular weight excluding hydrogens is 274 g/mol.